The molecule has 2 atom stereocenters. The van der Waals surface area contributed by atoms with Crippen molar-refractivity contribution in [1.82, 2.24) is 15.1 Å². The third-order valence-electron chi connectivity index (χ3n) is 8.27. The first-order valence-corrected chi connectivity index (χ1v) is 13.5. The Hall–Kier alpha value is -3.26. The van der Waals surface area contributed by atoms with Crippen LogP contribution in [0.3, 0.4) is 0 Å². The summed E-state index contributed by atoms with van der Waals surface area (Å²) in [4.78, 5) is 53.7. The van der Waals surface area contributed by atoms with Gasteiger partial charge in [0.2, 0.25) is 11.8 Å². The summed E-state index contributed by atoms with van der Waals surface area (Å²) in [6, 6.07) is 4.20. The van der Waals surface area contributed by atoms with E-state index < -0.39 is 23.8 Å². The maximum atomic E-state index is 13.3. The van der Waals surface area contributed by atoms with Crippen molar-refractivity contribution in [2.45, 2.75) is 52.0 Å². The molecule has 2 unspecified atom stereocenters. The van der Waals surface area contributed by atoms with Gasteiger partial charge in [-0.3, -0.25) is 34.3 Å². The fourth-order valence-corrected chi connectivity index (χ4v) is 5.92. The van der Waals surface area contributed by atoms with Crippen molar-refractivity contribution in [2.75, 3.05) is 31.5 Å². The lowest BCUT2D eigenvalue weighted by Crippen LogP contribution is -2.54. The minimum Gasteiger partial charge on any atom is -0.384 e. The van der Waals surface area contributed by atoms with Crippen LogP contribution >= 0.6 is 0 Å². The minimum absolute atomic E-state index is 0.106. The molecule has 1 aromatic rings. The van der Waals surface area contributed by atoms with E-state index in [-0.39, 0.29) is 24.7 Å². The lowest BCUT2D eigenvalue weighted by atomic mass is 9.86. The summed E-state index contributed by atoms with van der Waals surface area (Å²) in [5.74, 6) is -0.0527. The van der Waals surface area contributed by atoms with Crippen LogP contribution in [0.4, 0.5) is 5.69 Å². The van der Waals surface area contributed by atoms with Gasteiger partial charge in [0, 0.05) is 25.2 Å². The molecule has 1 aromatic carbocycles. The highest BCUT2D eigenvalue weighted by molar-refractivity contribution is 6.25. The third-order valence-corrected chi connectivity index (χ3v) is 8.27. The Morgan fingerprint density at radius 2 is 1.84 bits per heavy atom. The molecule has 0 saturated carbocycles. The number of nitrogens with one attached hydrogen (secondary N) is 2. The molecule has 0 radical (unpaired) electrons. The number of nitrogens with zero attached hydrogens (tertiary/aromatic N) is 2. The summed E-state index contributed by atoms with van der Waals surface area (Å²) in [6.07, 6.45) is 10.5. The molecule has 2 saturated heterocycles. The topological polar surface area (TPSA) is 98.8 Å². The largest absolute Gasteiger partial charge is 0.384 e. The maximum absolute atomic E-state index is 13.3. The quantitative estimate of drug-likeness (QED) is 0.553. The van der Waals surface area contributed by atoms with Crippen molar-refractivity contribution in [3.05, 3.63) is 53.1 Å². The van der Waals surface area contributed by atoms with Gasteiger partial charge in [-0.15, -0.1) is 0 Å². The van der Waals surface area contributed by atoms with E-state index in [9.17, 15) is 19.2 Å². The predicted molar refractivity (Wildman–Crippen MR) is 141 cm³/mol. The number of carbonyl (C=O) groups is 4. The Morgan fingerprint density at radius 1 is 1.05 bits per heavy atom. The SMILES string of the molecule is CC(C)C1CCN(CC2=CCC(CNc3cccc4c3C(=O)N(C3CCC(=O)NC3=O)C4=O)C=C2)CC1. The molecule has 4 amide bonds. The summed E-state index contributed by atoms with van der Waals surface area (Å²) in [6.45, 7) is 8.62. The zero-order valence-electron chi connectivity index (χ0n) is 21.7. The number of rotatable bonds is 7. The zero-order chi connectivity index (χ0) is 26.1. The van der Waals surface area contributed by atoms with Gasteiger partial charge in [-0.1, -0.05) is 38.1 Å². The Morgan fingerprint density at radius 3 is 2.51 bits per heavy atom. The average Bonchev–Trinajstić information content (AvgIpc) is 3.14. The smallest absolute Gasteiger partial charge is 0.264 e. The molecule has 0 bridgehead atoms. The molecule has 8 heteroatoms. The predicted octanol–water partition coefficient (Wildman–Crippen LogP) is 3.37. The number of piperidine rings is 2. The van der Waals surface area contributed by atoms with Crippen molar-refractivity contribution >= 4 is 29.3 Å². The van der Waals surface area contributed by atoms with E-state index >= 15 is 0 Å². The standard InChI is InChI=1S/C29H36N4O4/c1-18(2)21-12-14-32(15-13-21)17-20-8-6-19(7-9-20)16-30-23-5-3-4-22-26(23)29(37)33(28(22)36)24-10-11-25(34)31-27(24)35/h3-6,8-9,18-19,21,24,30H,7,10-17H2,1-2H3,(H,31,34,35). The average molecular weight is 505 g/mol. The normalized spacial score (nSPS) is 24.9. The number of hydrogen-bond donors (Lipinski definition) is 2. The fourth-order valence-electron chi connectivity index (χ4n) is 5.92. The second-order valence-corrected chi connectivity index (χ2v) is 11.0. The van der Waals surface area contributed by atoms with Crippen LogP contribution in [-0.2, 0) is 9.59 Å². The molecule has 3 aliphatic heterocycles. The molecule has 4 aliphatic rings. The summed E-state index contributed by atoms with van der Waals surface area (Å²) in [7, 11) is 0. The second-order valence-electron chi connectivity index (χ2n) is 11.0. The van der Waals surface area contributed by atoms with E-state index in [1.165, 1.54) is 31.5 Å². The van der Waals surface area contributed by atoms with Gasteiger partial charge in [0.1, 0.15) is 6.04 Å². The number of likely N-dealkylation sites (tertiary alicyclic amines) is 1. The van der Waals surface area contributed by atoms with E-state index in [1.54, 1.807) is 18.2 Å². The monoisotopic (exact) mass is 504 g/mol. The van der Waals surface area contributed by atoms with E-state index in [0.717, 1.165) is 29.7 Å². The van der Waals surface area contributed by atoms with Gasteiger partial charge in [0.15, 0.2) is 0 Å². The Kier molecular flexibility index (Phi) is 7.29. The fraction of sp³-hybridized carbons (Fsp3) is 0.517. The number of allylic oxidation sites excluding steroid dienone is 1. The molecule has 196 valence electrons. The van der Waals surface area contributed by atoms with Crippen LogP contribution in [0, 0.1) is 17.8 Å². The highest BCUT2D eigenvalue weighted by Crippen LogP contribution is 2.33. The van der Waals surface area contributed by atoms with Crippen LogP contribution < -0.4 is 10.6 Å². The minimum atomic E-state index is -0.959. The van der Waals surface area contributed by atoms with E-state index in [4.69, 9.17) is 0 Å². The van der Waals surface area contributed by atoms with Gasteiger partial charge in [-0.2, -0.15) is 0 Å². The molecule has 0 spiro atoms. The van der Waals surface area contributed by atoms with Crippen LogP contribution in [0.2, 0.25) is 0 Å². The van der Waals surface area contributed by atoms with Crippen molar-refractivity contribution in [2.24, 2.45) is 17.8 Å². The number of hydrogen-bond acceptors (Lipinski definition) is 6. The van der Waals surface area contributed by atoms with Crippen LogP contribution in [0.1, 0.15) is 66.7 Å². The molecule has 0 aromatic heterocycles. The molecule has 2 fully saturated rings. The van der Waals surface area contributed by atoms with Gasteiger partial charge >= 0.3 is 0 Å². The molecule has 3 heterocycles. The van der Waals surface area contributed by atoms with Gasteiger partial charge in [-0.25, -0.2) is 0 Å². The maximum Gasteiger partial charge on any atom is 0.264 e. The number of amides is 4. The zero-order valence-corrected chi connectivity index (χ0v) is 21.7. The summed E-state index contributed by atoms with van der Waals surface area (Å²) in [5, 5.41) is 5.61. The van der Waals surface area contributed by atoms with Crippen LogP contribution in [-0.4, -0.2) is 65.6 Å². The van der Waals surface area contributed by atoms with Gasteiger partial charge in [0.25, 0.3) is 11.8 Å². The lowest BCUT2D eigenvalue weighted by Gasteiger charge is -2.34. The number of imide groups is 2. The summed E-state index contributed by atoms with van der Waals surface area (Å²) >= 11 is 0. The number of fused-ring (bicyclic) bond motifs is 1. The van der Waals surface area contributed by atoms with Crippen LogP contribution in [0.5, 0.6) is 0 Å². The van der Waals surface area contributed by atoms with E-state index in [0.29, 0.717) is 23.4 Å². The highest BCUT2D eigenvalue weighted by Gasteiger charge is 2.45. The molecule has 8 nitrogen and oxygen atoms in total. The Labute approximate surface area is 218 Å². The summed E-state index contributed by atoms with van der Waals surface area (Å²) in [5.41, 5.74) is 2.56. The van der Waals surface area contributed by atoms with Crippen molar-refractivity contribution in [1.29, 1.82) is 0 Å². The number of anilines is 1. The molecule has 2 N–H and O–H groups in total. The number of carbonyl (C=O) groups excluding carboxylic acids is 4. The number of benzene rings is 1. The van der Waals surface area contributed by atoms with Gasteiger partial charge in [0.05, 0.1) is 11.1 Å². The first-order chi connectivity index (χ1) is 17.8. The molecule has 5 rings (SSSR count). The molecule has 37 heavy (non-hydrogen) atoms. The first kappa shape index (κ1) is 25.4. The van der Waals surface area contributed by atoms with Crippen LogP contribution in [0.15, 0.2) is 42.0 Å². The van der Waals surface area contributed by atoms with Crippen molar-refractivity contribution in [3.8, 4) is 0 Å². The highest BCUT2D eigenvalue weighted by atomic mass is 16.2. The third kappa shape index (κ3) is 5.25. The van der Waals surface area contributed by atoms with Gasteiger partial charge in [-0.05, 0) is 74.2 Å². The lowest BCUT2D eigenvalue weighted by molar-refractivity contribution is -0.136. The van der Waals surface area contributed by atoms with Crippen molar-refractivity contribution in [3.63, 3.8) is 0 Å². The van der Waals surface area contributed by atoms with Crippen LogP contribution in [0.25, 0.3) is 0 Å². The van der Waals surface area contributed by atoms with Crippen molar-refractivity contribution < 1.29 is 19.2 Å². The Bertz CT molecular complexity index is 1160. The first-order valence-electron chi connectivity index (χ1n) is 13.5. The van der Waals surface area contributed by atoms with E-state index in [2.05, 4.69) is 47.6 Å². The molecule has 1 aliphatic carbocycles. The second kappa shape index (κ2) is 10.6. The van der Waals surface area contributed by atoms with Gasteiger partial charge < -0.3 is 5.32 Å². The Balaban J connectivity index is 1.17. The van der Waals surface area contributed by atoms with E-state index in [1.807, 2.05) is 0 Å². The molecular formula is C29H36N4O4. The molecular weight excluding hydrogens is 468 g/mol. The summed E-state index contributed by atoms with van der Waals surface area (Å²) < 4.78 is 0.